The van der Waals surface area contributed by atoms with Gasteiger partial charge in [0, 0.05) is 12.6 Å². The van der Waals surface area contributed by atoms with Gasteiger partial charge in [0.25, 0.3) is 5.56 Å². The maximum absolute atomic E-state index is 13.9. The van der Waals surface area contributed by atoms with Crippen molar-refractivity contribution in [2.24, 2.45) is 0 Å². The van der Waals surface area contributed by atoms with Crippen LogP contribution in [0.4, 0.5) is 8.78 Å². The van der Waals surface area contributed by atoms with Gasteiger partial charge in [-0.25, -0.2) is 13.8 Å². The van der Waals surface area contributed by atoms with Crippen LogP contribution in [0, 0.1) is 11.6 Å². The summed E-state index contributed by atoms with van der Waals surface area (Å²) < 4.78 is 28.4. The van der Waals surface area contributed by atoms with Gasteiger partial charge >= 0.3 is 0 Å². The third-order valence-electron chi connectivity index (χ3n) is 3.99. The van der Waals surface area contributed by atoms with E-state index in [0.29, 0.717) is 28.7 Å². The molecule has 0 saturated heterocycles. The average Bonchev–Trinajstić information content (AvgIpc) is 2.61. The van der Waals surface area contributed by atoms with Crippen molar-refractivity contribution in [3.63, 3.8) is 0 Å². The van der Waals surface area contributed by atoms with Crippen LogP contribution in [0.1, 0.15) is 24.2 Å². The molecule has 0 aliphatic rings. The fourth-order valence-corrected chi connectivity index (χ4v) is 3.68. The van der Waals surface area contributed by atoms with Crippen molar-refractivity contribution < 1.29 is 13.6 Å². The van der Waals surface area contributed by atoms with E-state index in [0.717, 1.165) is 23.9 Å². The SMILES string of the molecule is CCn1c(SC(C)C(=O)c2ccc(F)cc2F)nc2ccccc2c1=O. The van der Waals surface area contributed by atoms with Gasteiger partial charge in [0.1, 0.15) is 11.6 Å². The third-order valence-corrected chi connectivity index (χ3v) is 5.08. The smallest absolute Gasteiger partial charge is 0.262 e. The zero-order valence-corrected chi connectivity index (χ0v) is 15.0. The van der Waals surface area contributed by atoms with Crippen LogP contribution in [0.3, 0.4) is 0 Å². The van der Waals surface area contributed by atoms with Crippen LogP contribution in [-0.2, 0) is 6.54 Å². The second-order valence-corrected chi connectivity index (χ2v) is 7.02. The number of ketones is 1. The van der Waals surface area contributed by atoms with E-state index in [1.165, 1.54) is 4.57 Å². The summed E-state index contributed by atoms with van der Waals surface area (Å²) in [5.41, 5.74) is 0.170. The van der Waals surface area contributed by atoms with Crippen molar-refractivity contribution in [3.8, 4) is 0 Å². The minimum absolute atomic E-state index is 0.183. The molecule has 134 valence electrons. The maximum atomic E-state index is 13.9. The van der Waals surface area contributed by atoms with Crippen LogP contribution in [-0.4, -0.2) is 20.6 Å². The molecule has 2 aromatic carbocycles. The standard InChI is InChI=1S/C19H16F2N2O2S/c1-3-23-18(25)14-6-4-5-7-16(14)22-19(23)26-11(2)17(24)13-9-8-12(20)10-15(13)21/h4-11H,3H2,1-2H3. The number of nitrogens with zero attached hydrogens (tertiary/aromatic N) is 2. The summed E-state index contributed by atoms with van der Waals surface area (Å²) in [7, 11) is 0. The number of carbonyl (C=O) groups excluding carboxylic acids is 1. The topological polar surface area (TPSA) is 52.0 Å². The Hall–Kier alpha value is -2.54. The molecule has 1 unspecified atom stereocenters. The van der Waals surface area contributed by atoms with E-state index >= 15 is 0 Å². The first-order chi connectivity index (χ1) is 12.4. The zero-order valence-electron chi connectivity index (χ0n) is 14.2. The Morgan fingerprint density at radius 2 is 1.96 bits per heavy atom. The molecule has 3 rings (SSSR count). The Morgan fingerprint density at radius 1 is 1.23 bits per heavy atom. The number of hydrogen-bond acceptors (Lipinski definition) is 4. The zero-order chi connectivity index (χ0) is 18.8. The number of benzene rings is 2. The van der Waals surface area contributed by atoms with E-state index < -0.39 is 22.7 Å². The molecule has 0 fully saturated rings. The normalized spacial score (nSPS) is 12.3. The van der Waals surface area contributed by atoms with Crippen LogP contribution >= 0.6 is 11.8 Å². The van der Waals surface area contributed by atoms with Crippen LogP contribution in [0.25, 0.3) is 10.9 Å². The monoisotopic (exact) mass is 374 g/mol. The van der Waals surface area contributed by atoms with Gasteiger partial charge in [-0.1, -0.05) is 23.9 Å². The second-order valence-electron chi connectivity index (χ2n) is 5.71. The quantitative estimate of drug-likeness (QED) is 0.384. The minimum atomic E-state index is -0.901. The first-order valence-corrected chi connectivity index (χ1v) is 8.95. The highest BCUT2D eigenvalue weighted by atomic mass is 32.2. The number of hydrogen-bond donors (Lipinski definition) is 0. The molecule has 0 amide bonds. The molecule has 0 N–H and O–H groups in total. The minimum Gasteiger partial charge on any atom is -0.293 e. The second kappa shape index (κ2) is 7.37. The Kier molecular flexibility index (Phi) is 5.18. The van der Waals surface area contributed by atoms with Gasteiger partial charge in [0.05, 0.1) is 21.7 Å². The van der Waals surface area contributed by atoms with E-state index in [2.05, 4.69) is 4.98 Å². The largest absolute Gasteiger partial charge is 0.293 e. The van der Waals surface area contributed by atoms with Gasteiger partial charge < -0.3 is 0 Å². The summed E-state index contributed by atoms with van der Waals surface area (Å²) in [6.45, 7) is 3.82. The molecule has 0 radical (unpaired) electrons. The van der Waals surface area contributed by atoms with Crippen molar-refractivity contribution in [1.29, 1.82) is 0 Å². The summed E-state index contributed by atoms with van der Waals surface area (Å²) in [6, 6.07) is 9.83. The van der Waals surface area contributed by atoms with Crippen LogP contribution in [0.15, 0.2) is 52.4 Å². The first-order valence-electron chi connectivity index (χ1n) is 8.08. The molecule has 4 nitrogen and oxygen atoms in total. The van der Waals surface area contributed by atoms with E-state index in [4.69, 9.17) is 0 Å². The Balaban J connectivity index is 1.97. The van der Waals surface area contributed by atoms with Crippen molar-refractivity contribution in [1.82, 2.24) is 9.55 Å². The van der Waals surface area contributed by atoms with Gasteiger partial charge in [-0.2, -0.15) is 0 Å². The average molecular weight is 374 g/mol. The molecule has 7 heteroatoms. The van der Waals surface area contributed by atoms with E-state index in [1.807, 2.05) is 6.92 Å². The van der Waals surface area contributed by atoms with E-state index in [9.17, 15) is 18.4 Å². The summed E-state index contributed by atoms with van der Waals surface area (Å²) >= 11 is 1.08. The molecule has 0 bridgehead atoms. The summed E-state index contributed by atoms with van der Waals surface area (Å²) in [4.78, 5) is 29.6. The number of rotatable bonds is 5. The predicted molar refractivity (Wildman–Crippen MR) is 97.7 cm³/mol. The van der Waals surface area contributed by atoms with Gasteiger partial charge in [-0.05, 0) is 38.1 Å². The van der Waals surface area contributed by atoms with Gasteiger partial charge in [0.15, 0.2) is 10.9 Å². The molecule has 3 aromatic rings. The van der Waals surface area contributed by atoms with Gasteiger partial charge in [0.2, 0.25) is 0 Å². The maximum Gasteiger partial charge on any atom is 0.262 e. The van der Waals surface area contributed by atoms with Crippen molar-refractivity contribution in [3.05, 3.63) is 70.0 Å². The molecule has 0 spiro atoms. The van der Waals surface area contributed by atoms with Crippen molar-refractivity contribution >= 4 is 28.4 Å². The highest BCUT2D eigenvalue weighted by Crippen LogP contribution is 2.26. The number of aromatic nitrogens is 2. The Labute approximate surface area is 152 Å². The number of carbonyl (C=O) groups is 1. The van der Waals surface area contributed by atoms with Crippen LogP contribution in [0.2, 0.25) is 0 Å². The number of Topliss-reactive ketones (excluding diaryl/α,β-unsaturated/α-hetero) is 1. The Morgan fingerprint density at radius 3 is 2.65 bits per heavy atom. The van der Waals surface area contributed by atoms with E-state index in [-0.39, 0.29) is 11.1 Å². The molecule has 1 heterocycles. The number of fused-ring (bicyclic) bond motifs is 1. The molecule has 0 saturated carbocycles. The first kappa shape index (κ1) is 18.3. The number of thioether (sulfide) groups is 1. The fraction of sp³-hybridized carbons (Fsp3) is 0.211. The Bertz CT molecular complexity index is 1050. The third kappa shape index (κ3) is 3.39. The van der Waals surface area contributed by atoms with Crippen molar-refractivity contribution in [2.75, 3.05) is 0 Å². The van der Waals surface area contributed by atoms with Crippen LogP contribution in [0.5, 0.6) is 0 Å². The lowest BCUT2D eigenvalue weighted by Crippen LogP contribution is -2.24. The lowest BCUT2D eigenvalue weighted by molar-refractivity contribution is 0.0990. The summed E-state index contributed by atoms with van der Waals surface area (Å²) in [5, 5.41) is 0.197. The predicted octanol–water partition coefficient (Wildman–Crippen LogP) is 4.06. The molecule has 26 heavy (non-hydrogen) atoms. The highest BCUT2D eigenvalue weighted by Gasteiger charge is 2.22. The number of halogens is 2. The summed E-state index contributed by atoms with van der Waals surface area (Å²) in [5.74, 6) is -2.13. The van der Waals surface area contributed by atoms with Gasteiger partial charge in [-0.3, -0.25) is 14.2 Å². The molecule has 0 aliphatic heterocycles. The molecular formula is C19H16F2N2O2S. The molecular weight excluding hydrogens is 358 g/mol. The lowest BCUT2D eigenvalue weighted by Gasteiger charge is -2.15. The van der Waals surface area contributed by atoms with Gasteiger partial charge in [-0.15, -0.1) is 0 Å². The number of para-hydroxylation sites is 1. The fourth-order valence-electron chi connectivity index (χ4n) is 2.64. The lowest BCUT2D eigenvalue weighted by atomic mass is 10.1. The van der Waals surface area contributed by atoms with Crippen molar-refractivity contribution in [2.45, 2.75) is 30.8 Å². The molecule has 1 atom stereocenters. The van der Waals surface area contributed by atoms with Crippen LogP contribution < -0.4 is 5.56 Å². The van der Waals surface area contributed by atoms with E-state index in [1.54, 1.807) is 31.2 Å². The molecule has 0 aliphatic carbocycles. The highest BCUT2D eigenvalue weighted by molar-refractivity contribution is 8.00. The summed E-state index contributed by atoms with van der Waals surface area (Å²) in [6.07, 6.45) is 0. The molecule has 1 aromatic heterocycles.